The third-order valence-corrected chi connectivity index (χ3v) is 6.09. The average molecular weight is 500 g/mol. The second kappa shape index (κ2) is 10.0. The topological polar surface area (TPSA) is 139 Å². The van der Waals surface area contributed by atoms with Crippen LogP contribution in [0.4, 0.5) is 11.4 Å². The maximum Gasteiger partial charge on any atom is 0.234 e. The molecule has 0 fully saturated rings. The van der Waals surface area contributed by atoms with E-state index in [2.05, 4.69) is 20.2 Å². The number of phenols is 1. The molecule has 2 heterocycles. The van der Waals surface area contributed by atoms with Crippen molar-refractivity contribution in [1.29, 1.82) is 0 Å². The Kier molecular flexibility index (Phi) is 6.89. The van der Waals surface area contributed by atoms with Gasteiger partial charge in [0.15, 0.2) is 11.0 Å². The van der Waals surface area contributed by atoms with Crippen LogP contribution in [0.25, 0.3) is 11.4 Å². The van der Waals surface area contributed by atoms with Crippen molar-refractivity contribution in [2.45, 2.75) is 11.7 Å². The van der Waals surface area contributed by atoms with E-state index >= 15 is 0 Å². The molecule has 10 nitrogen and oxygen atoms in total. The highest BCUT2D eigenvalue weighted by molar-refractivity contribution is 7.99. The minimum absolute atomic E-state index is 0.0611. The molecule has 1 amide bonds. The van der Waals surface area contributed by atoms with Crippen molar-refractivity contribution in [1.82, 2.24) is 14.8 Å². The number of hydrogen-bond donors (Lipinski definition) is 3. The van der Waals surface area contributed by atoms with Crippen molar-refractivity contribution >= 4 is 39.1 Å². The van der Waals surface area contributed by atoms with E-state index in [0.717, 1.165) is 6.26 Å². The Morgan fingerprint density at radius 2 is 1.88 bits per heavy atom. The van der Waals surface area contributed by atoms with Crippen LogP contribution in [0.1, 0.15) is 5.76 Å². The molecule has 4 rings (SSSR count). The smallest absolute Gasteiger partial charge is 0.234 e. The summed E-state index contributed by atoms with van der Waals surface area (Å²) in [6.45, 7) is 0.342. The van der Waals surface area contributed by atoms with Crippen molar-refractivity contribution in [3.8, 4) is 17.1 Å². The fourth-order valence-corrected chi connectivity index (χ4v) is 4.42. The second-order valence-corrected chi connectivity index (χ2v) is 10.0. The van der Waals surface area contributed by atoms with Gasteiger partial charge in [-0.25, -0.2) is 8.42 Å². The average Bonchev–Trinajstić information content (AvgIpc) is 3.42. The van der Waals surface area contributed by atoms with Gasteiger partial charge in [-0.15, -0.1) is 10.2 Å². The molecule has 0 atom stereocenters. The molecule has 0 aliphatic heterocycles. The summed E-state index contributed by atoms with van der Waals surface area (Å²) in [5.74, 6) is 1.09. The first-order valence-electron chi connectivity index (χ1n) is 10.0. The van der Waals surface area contributed by atoms with Gasteiger partial charge in [-0.05, 0) is 48.5 Å². The number of anilines is 2. The lowest BCUT2D eigenvalue weighted by molar-refractivity contribution is -0.113. The lowest BCUT2D eigenvalue weighted by Crippen LogP contribution is -2.14. The predicted octanol–water partition coefficient (Wildman–Crippen LogP) is 3.39. The molecule has 0 radical (unpaired) electrons. The number of carbonyl (C=O) groups excluding carboxylic acids is 1. The number of benzene rings is 2. The molecule has 34 heavy (non-hydrogen) atoms. The van der Waals surface area contributed by atoms with Gasteiger partial charge in [0.2, 0.25) is 15.9 Å². The summed E-state index contributed by atoms with van der Waals surface area (Å²) >= 11 is 1.21. The number of sulfonamides is 1. The van der Waals surface area contributed by atoms with Gasteiger partial charge in [0.05, 0.1) is 24.8 Å². The van der Waals surface area contributed by atoms with Gasteiger partial charge in [-0.2, -0.15) is 0 Å². The molecule has 0 aliphatic rings. The van der Waals surface area contributed by atoms with Crippen LogP contribution in [0.3, 0.4) is 0 Å². The van der Waals surface area contributed by atoms with Crippen LogP contribution in [0.5, 0.6) is 5.75 Å². The number of furan rings is 1. The van der Waals surface area contributed by atoms with Gasteiger partial charge in [0, 0.05) is 23.0 Å². The monoisotopic (exact) mass is 499 g/mol. The molecule has 12 heteroatoms. The van der Waals surface area contributed by atoms with Gasteiger partial charge in [0.1, 0.15) is 11.5 Å². The molecule has 0 spiro atoms. The lowest BCUT2D eigenvalue weighted by atomic mass is 10.2. The number of nitrogens with zero attached hydrogens (tertiary/aromatic N) is 3. The second-order valence-electron chi connectivity index (χ2n) is 7.31. The highest BCUT2D eigenvalue weighted by atomic mass is 32.2. The van der Waals surface area contributed by atoms with Crippen LogP contribution in [0, 0.1) is 0 Å². The Bertz CT molecular complexity index is 1380. The SMILES string of the molecule is CS(=O)(=O)Nc1ccc(-c2nnc(SCC(=O)Nc3cccc(O)c3)n2Cc2ccco2)cc1. The van der Waals surface area contributed by atoms with E-state index in [-0.39, 0.29) is 17.4 Å². The zero-order valence-electron chi connectivity index (χ0n) is 18.0. The molecule has 176 valence electrons. The first-order chi connectivity index (χ1) is 16.3. The van der Waals surface area contributed by atoms with Gasteiger partial charge in [0.25, 0.3) is 0 Å². The largest absolute Gasteiger partial charge is 0.508 e. The fraction of sp³-hybridized carbons (Fsp3) is 0.136. The molecule has 0 saturated carbocycles. The van der Waals surface area contributed by atoms with E-state index in [4.69, 9.17) is 4.42 Å². The summed E-state index contributed by atoms with van der Waals surface area (Å²) in [5, 5.41) is 21.3. The maximum absolute atomic E-state index is 12.4. The molecule has 3 N–H and O–H groups in total. The first kappa shape index (κ1) is 23.4. The van der Waals surface area contributed by atoms with Crippen molar-refractivity contribution in [2.24, 2.45) is 0 Å². The number of carbonyl (C=O) groups is 1. The van der Waals surface area contributed by atoms with Crippen LogP contribution in [0.15, 0.2) is 76.5 Å². The summed E-state index contributed by atoms with van der Waals surface area (Å²) in [7, 11) is -3.38. The van der Waals surface area contributed by atoms with Crippen LogP contribution in [0.2, 0.25) is 0 Å². The van der Waals surface area contributed by atoms with E-state index in [1.54, 1.807) is 48.7 Å². The molecule has 4 aromatic rings. The van der Waals surface area contributed by atoms with Gasteiger partial charge in [-0.3, -0.25) is 14.1 Å². The van der Waals surface area contributed by atoms with Crippen LogP contribution < -0.4 is 10.0 Å². The summed E-state index contributed by atoms with van der Waals surface area (Å²) in [5.41, 5.74) is 1.64. The van der Waals surface area contributed by atoms with Crippen molar-refractivity contribution in [3.63, 3.8) is 0 Å². The highest BCUT2D eigenvalue weighted by Gasteiger charge is 2.17. The van der Waals surface area contributed by atoms with Crippen molar-refractivity contribution < 1.29 is 22.7 Å². The Balaban J connectivity index is 1.54. The minimum atomic E-state index is -3.38. The fourth-order valence-electron chi connectivity index (χ4n) is 3.12. The van der Waals surface area contributed by atoms with E-state index in [9.17, 15) is 18.3 Å². The highest BCUT2D eigenvalue weighted by Crippen LogP contribution is 2.27. The van der Waals surface area contributed by atoms with Crippen LogP contribution in [-0.2, 0) is 21.4 Å². The minimum Gasteiger partial charge on any atom is -0.508 e. The maximum atomic E-state index is 12.4. The number of hydrogen-bond acceptors (Lipinski definition) is 8. The number of thioether (sulfide) groups is 1. The zero-order chi connectivity index (χ0) is 24.1. The first-order valence-corrected chi connectivity index (χ1v) is 12.9. The van der Waals surface area contributed by atoms with Gasteiger partial charge >= 0.3 is 0 Å². The number of amides is 1. The van der Waals surface area contributed by atoms with Crippen molar-refractivity contribution in [2.75, 3.05) is 22.0 Å². The standard InChI is InChI=1S/C22H21N5O5S2/c1-34(30,31)26-16-9-7-15(8-10-16)21-24-25-22(27(21)13-19-6-3-11-32-19)33-14-20(29)23-17-4-2-5-18(28)12-17/h2-12,26,28H,13-14H2,1H3,(H,23,29). The van der Waals surface area contributed by atoms with E-state index < -0.39 is 10.0 Å². The molecular weight excluding hydrogens is 478 g/mol. The lowest BCUT2D eigenvalue weighted by Gasteiger charge is -2.10. The molecule has 2 aromatic carbocycles. The van der Waals surface area contributed by atoms with Gasteiger partial charge < -0.3 is 14.8 Å². The van der Waals surface area contributed by atoms with Crippen LogP contribution in [-0.4, -0.2) is 46.2 Å². The quantitative estimate of drug-likeness (QED) is 0.298. The summed E-state index contributed by atoms with van der Waals surface area (Å²) in [6.07, 6.45) is 2.65. The zero-order valence-corrected chi connectivity index (χ0v) is 19.6. The molecule has 0 saturated heterocycles. The molecule has 2 aromatic heterocycles. The molecule has 0 aliphatic carbocycles. The van der Waals surface area contributed by atoms with E-state index in [1.165, 1.54) is 23.9 Å². The predicted molar refractivity (Wildman–Crippen MR) is 129 cm³/mol. The van der Waals surface area contributed by atoms with E-state index in [0.29, 0.717) is 40.2 Å². The van der Waals surface area contributed by atoms with Crippen LogP contribution >= 0.6 is 11.8 Å². The summed E-state index contributed by atoms with van der Waals surface area (Å²) in [4.78, 5) is 12.4. The Hall–Kier alpha value is -3.77. The number of aromatic hydroxyl groups is 1. The third-order valence-electron chi connectivity index (χ3n) is 4.52. The summed E-state index contributed by atoms with van der Waals surface area (Å²) in [6, 6.07) is 16.7. The third kappa shape index (κ3) is 6.17. The normalized spacial score (nSPS) is 11.3. The Labute approximate surface area is 200 Å². The van der Waals surface area contributed by atoms with Crippen molar-refractivity contribution in [3.05, 3.63) is 72.7 Å². The number of phenolic OH excluding ortho intramolecular Hbond substituents is 1. The Morgan fingerprint density at radius 1 is 1.09 bits per heavy atom. The number of nitrogens with one attached hydrogen (secondary N) is 2. The molecular formula is C22H21N5O5S2. The van der Waals surface area contributed by atoms with Gasteiger partial charge in [-0.1, -0.05) is 17.8 Å². The summed E-state index contributed by atoms with van der Waals surface area (Å²) < 4.78 is 32.6. The molecule has 0 bridgehead atoms. The Morgan fingerprint density at radius 3 is 2.56 bits per heavy atom. The number of rotatable bonds is 9. The molecule has 0 unspecified atom stereocenters. The van der Waals surface area contributed by atoms with E-state index in [1.807, 2.05) is 10.6 Å². The number of aromatic nitrogens is 3.